The predicted octanol–water partition coefficient (Wildman–Crippen LogP) is 4.94. The maximum Gasteiger partial charge on any atom is 0.125 e. The highest BCUT2D eigenvalue weighted by molar-refractivity contribution is 5.57. The van der Waals surface area contributed by atoms with Gasteiger partial charge in [0, 0.05) is 37.3 Å². The first-order chi connectivity index (χ1) is 11.7. The molecule has 0 fully saturated rings. The van der Waals surface area contributed by atoms with E-state index in [-0.39, 0.29) is 5.92 Å². The third kappa shape index (κ3) is 3.28. The van der Waals surface area contributed by atoms with Gasteiger partial charge in [0.05, 0.1) is 7.11 Å². The number of hydrogen-bond donors (Lipinski definition) is 0. The average Bonchev–Trinajstić information content (AvgIpc) is 2.64. The summed E-state index contributed by atoms with van der Waals surface area (Å²) in [6, 6.07) is 27.6. The molecular formula is C22H23NO. The van der Waals surface area contributed by atoms with E-state index in [2.05, 4.69) is 83.8 Å². The lowest BCUT2D eigenvalue weighted by Gasteiger charge is -2.23. The number of benzene rings is 3. The second kappa shape index (κ2) is 7.22. The van der Waals surface area contributed by atoms with E-state index in [0.29, 0.717) is 0 Å². The van der Waals surface area contributed by atoms with E-state index in [1.807, 2.05) is 14.1 Å². The maximum atomic E-state index is 5.73. The third-order valence-corrected chi connectivity index (χ3v) is 4.31. The second-order valence-corrected chi connectivity index (χ2v) is 6.08. The fourth-order valence-electron chi connectivity index (χ4n) is 3.06. The highest BCUT2D eigenvalue weighted by atomic mass is 16.5. The van der Waals surface area contributed by atoms with Crippen LogP contribution in [0.25, 0.3) is 0 Å². The molecule has 3 rings (SSSR count). The molecule has 24 heavy (non-hydrogen) atoms. The Morgan fingerprint density at radius 3 is 1.75 bits per heavy atom. The van der Waals surface area contributed by atoms with Gasteiger partial charge in [0.15, 0.2) is 0 Å². The van der Waals surface area contributed by atoms with Crippen LogP contribution in [0.1, 0.15) is 22.6 Å². The van der Waals surface area contributed by atoms with Gasteiger partial charge in [0.25, 0.3) is 0 Å². The molecule has 0 saturated carbocycles. The molecule has 122 valence electrons. The zero-order chi connectivity index (χ0) is 16.9. The second-order valence-electron chi connectivity index (χ2n) is 6.08. The van der Waals surface area contributed by atoms with Crippen LogP contribution in [-0.2, 0) is 0 Å². The maximum absolute atomic E-state index is 5.73. The monoisotopic (exact) mass is 317 g/mol. The van der Waals surface area contributed by atoms with E-state index in [1.165, 1.54) is 16.7 Å². The Bertz CT molecular complexity index is 742. The van der Waals surface area contributed by atoms with Crippen LogP contribution in [0.3, 0.4) is 0 Å². The minimum atomic E-state index is 0.151. The van der Waals surface area contributed by atoms with Crippen molar-refractivity contribution >= 4 is 5.69 Å². The molecule has 0 aromatic heterocycles. The lowest BCUT2D eigenvalue weighted by atomic mass is 9.84. The van der Waals surface area contributed by atoms with Gasteiger partial charge in [0.1, 0.15) is 5.75 Å². The fourth-order valence-corrected chi connectivity index (χ4v) is 3.06. The summed E-state index contributed by atoms with van der Waals surface area (Å²) < 4.78 is 5.73. The van der Waals surface area contributed by atoms with Crippen LogP contribution in [0.4, 0.5) is 5.69 Å². The summed E-state index contributed by atoms with van der Waals surface area (Å²) in [4.78, 5) is 2.09. The number of hydrogen-bond acceptors (Lipinski definition) is 2. The smallest absolute Gasteiger partial charge is 0.125 e. The van der Waals surface area contributed by atoms with Gasteiger partial charge in [-0.1, -0.05) is 66.7 Å². The zero-order valence-corrected chi connectivity index (χ0v) is 14.4. The normalized spacial score (nSPS) is 10.7. The Morgan fingerprint density at radius 2 is 1.29 bits per heavy atom. The Hall–Kier alpha value is -2.74. The van der Waals surface area contributed by atoms with Crippen LogP contribution >= 0.6 is 0 Å². The van der Waals surface area contributed by atoms with Crippen molar-refractivity contribution in [3.63, 3.8) is 0 Å². The van der Waals surface area contributed by atoms with Crippen molar-refractivity contribution in [3.8, 4) is 5.75 Å². The van der Waals surface area contributed by atoms with Crippen LogP contribution in [-0.4, -0.2) is 21.2 Å². The number of nitrogens with zero attached hydrogens (tertiary/aromatic N) is 1. The molecule has 2 nitrogen and oxygen atoms in total. The van der Waals surface area contributed by atoms with Crippen molar-refractivity contribution in [2.45, 2.75) is 5.92 Å². The van der Waals surface area contributed by atoms with Crippen LogP contribution < -0.4 is 9.64 Å². The van der Waals surface area contributed by atoms with Crippen molar-refractivity contribution < 1.29 is 4.74 Å². The van der Waals surface area contributed by atoms with E-state index in [9.17, 15) is 0 Å². The Labute approximate surface area is 144 Å². The van der Waals surface area contributed by atoms with Gasteiger partial charge in [-0.3, -0.25) is 0 Å². The molecule has 3 aromatic rings. The molecule has 0 bridgehead atoms. The number of ether oxygens (including phenoxy) is 1. The SMILES string of the molecule is COc1cc(N(C)C)ccc1C(c1ccccc1)c1ccccc1. The lowest BCUT2D eigenvalue weighted by molar-refractivity contribution is 0.409. The number of methoxy groups -OCH3 is 1. The van der Waals surface area contributed by atoms with Gasteiger partial charge in [-0.25, -0.2) is 0 Å². The van der Waals surface area contributed by atoms with Gasteiger partial charge in [-0.2, -0.15) is 0 Å². The Balaban J connectivity index is 2.16. The number of rotatable bonds is 5. The molecule has 0 N–H and O–H groups in total. The van der Waals surface area contributed by atoms with Crippen LogP contribution in [0, 0.1) is 0 Å². The molecule has 0 unspecified atom stereocenters. The zero-order valence-electron chi connectivity index (χ0n) is 14.4. The third-order valence-electron chi connectivity index (χ3n) is 4.31. The molecule has 0 aliphatic carbocycles. The van der Waals surface area contributed by atoms with Crippen molar-refractivity contribution in [1.82, 2.24) is 0 Å². The van der Waals surface area contributed by atoms with E-state index >= 15 is 0 Å². The van der Waals surface area contributed by atoms with E-state index in [4.69, 9.17) is 4.74 Å². The van der Waals surface area contributed by atoms with Crippen LogP contribution in [0.2, 0.25) is 0 Å². The summed E-state index contributed by atoms with van der Waals surface area (Å²) in [5.74, 6) is 1.07. The largest absolute Gasteiger partial charge is 0.496 e. The molecule has 0 aliphatic heterocycles. The molecule has 0 heterocycles. The van der Waals surface area contributed by atoms with Gasteiger partial charge < -0.3 is 9.64 Å². The van der Waals surface area contributed by atoms with Gasteiger partial charge in [0.2, 0.25) is 0 Å². The van der Waals surface area contributed by atoms with Crippen molar-refractivity contribution in [3.05, 3.63) is 95.6 Å². The van der Waals surface area contributed by atoms with E-state index < -0.39 is 0 Å². The molecule has 3 aromatic carbocycles. The molecular weight excluding hydrogens is 294 g/mol. The van der Waals surface area contributed by atoms with Crippen LogP contribution in [0.15, 0.2) is 78.9 Å². The highest BCUT2D eigenvalue weighted by Crippen LogP contribution is 2.38. The standard InChI is InChI=1S/C22H23NO/c1-23(2)19-14-15-20(21(16-19)24-3)22(17-10-6-4-7-11-17)18-12-8-5-9-13-18/h4-16,22H,1-3H3. The molecule has 0 radical (unpaired) electrons. The molecule has 0 saturated heterocycles. The first-order valence-corrected chi connectivity index (χ1v) is 8.16. The summed E-state index contributed by atoms with van der Waals surface area (Å²) in [5.41, 5.74) is 4.84. The topological polar surface area (TPSA) is 12.5 Å². The molecule has 0 amide bonds. The summed E-state index contributed by atoms with van der Waals surface area (Å²) in [6.07, 6.45) is 0. The summed E-state index contributed by atoms with van der Waals surface area (Å²) in [6.45, 7) is 0. The Kier molecular flexibility index (Phi) is 4.85. The summed E-state index contributed by atoms with van der Waals surface area (Å²) in [5, 5.41) is 0. The molecule has 2 heteroatoms. The predicted molar refractivity (Wildman–Crippen MR) is 101 cm³/mol. The van der Waals surface area contributed by atoms with Crippen molar-refractivity contribution in [1.29, 1.82) is 0 Å². The Morgan fingerprint density at radius 1 is 0.750 bits per heavy atom. The van der Waals surface area contributed by atoms with Gasteiger partial charge in [-0.15, -0.1) is 0 Å². The van der Waals surface area contributed by atoms with E-state index in [0.717, 1.165) is 11.4 Å². The van der Waals surface area contributed by atoms with Crippen molar-refractivity contribution in [2.24, 2.45) is 0 Å². The first kappa shape index (κ1) is 16.1. The fraction of sp³-hybridized carbons (Fsp3) is 0.182. The molecule has 0 atom stereocenters. The minimum Gasteiger partial charge on any atom is -0.496 e. The average molecular weight is 317 g/mol. The first-order valence-electron chi connectivity index (χ1n) is 8.16. The summed E-state index contributed by atoms with van der Waals surface area (Å²) >= 11 is 0. The van der Waals surface area contributed by atoms with Gasteiger partial charge in [-0.05, 0) is 17.2 Å². The minimum absolute atomic E-state index is 0.151. The van der Waals surface area contributed by atoms with Crippen molar-refractivity contribution in [2.75, 3.05) is 26.1 Å². The van der Waals surface area contributed by atoms with Crippen LogP contribution in [0.5, 0.6) is 5.75 Å². The lowest BCUT2D eigenvalue weighted by Crippen LogP contribution is -2.10. The quantitative estimate of drug-likeness (QED) is 0.618. The summed E-state index contributed by atoms with van der Waals surface area (Å²) in [7, 11) is 5.83. The van der Waals surface area contributed by atoms with Gasteiger partial charge >= 0.3 is 0 Å². The highest BCUT2D eigenvalue weighted by Gasteiger charge is 2.20. The number of anilines is 1. The molecule has 0 spiro atoms. The van der Waals surface area contributed by atoms with E-state index in [1.54, 1.807) is 7.11 Å². The molecule has 0 aliphatic rings.